The summed E-state index contributed by atoms with van der Waals surface area (Å²) in [5.41, 5.74) is -0.570. The van der Waals surface area contributed by atoms with E-state index in [0.717, 1.165) is 18.2 Å². The van der Waals surface area contributed by atoms with Crippen LogP contribution in [0.3, 0.4) is 0 Å². The third kappa shape index (κ3) is 4.75. The Balaban J connectivity index is 3.24. The minimum absolute atomic E-state index is 0.0217. The lowest BCUT2D eigenvalue weighted by atomic mass is 9.92. The number of alkyl halides is 11. The summed E-state index contributed by atoms with van der Waals surface area (Å²) < 4.78 is 149. The summed E-state index contributed by atoms with van der Waals surface area (Å²) in [7, 11) is 0. The lowest BCUT2D eigenvalue weighted by Gasteiger charge is -2.37. The molecule has 0 saturated heterocycles. The molecule has 0 aliphatic heterocycles. The van der Waals surface area contributed by atoms with Crippen LogP contribution >= 0.6 is 0 Å². The highest BCUT2D eigenvalue weighted by Crippen LogP contribution is 2.58. The smallest absolute Gasteiger partial charge is 0.460 e. The van der Waals surface area contributed by atoms with E-state index in [9.17, 15) is 53.4 Å². The summed E-state index contributed by atoms with van der Waals surface area (Å²) in [5, 5.41) is 9.85. The maximum absolute atomic E-state index is 13.9. The summed E-state index contributed by atoms with van der Waals surface area (Å²) in [4.78, 5) is 0. The van der Waals surface area contributed by atoms with E-state index in [-0.39, 0.29) is 18.3 Å². The second-order valence-corrected chi connectivity index (χ2v) is 6.89. The van der Waals surface area contributed by atoms with Crippen LogP contribution in [0, 0.1) is 5.92 Å². The van der Waals surface area contributed by atoms with Crippen LogP contribution < -0.4 is 4.74 Å². The highest BCUT2D eigenvalue weighted by atomic mass is 19.4. The van der Waals surface area contributed by atoms with E-state index in [1.54, 1.807) is 13.8 Å². The summed E-state index contributed by atoms with van der Waals surface area (Å²) in [6, 6.07) is 4.49. The van der Waals surface area contributed by atoms with Crippen LogP contribution in [0.2, 0.25) is 0 Å². The molecule has 0 spiro atoms. The van der Waals surface area contributed by atoms with Crippen molar-refractivity contribution in [3.8, 4) is 5.75 Å². The number of hydrogen-bond donors (Lipinski definition) is 1. The molecule has 1 rings (SSSR count). The Hall–Kier alpha value is -1.79. The Morgan fingerprint density at radius 3 is 1.77 bits per heavy atom. The van der Waals surface area contributed by atoms with E-state index in [1.807, 2.05) is 0 Å². The number of benzene rings is 1. The molecule has 0 aliphatic rings. The van der Waals surface area contributed by atoms with Gasteiger partial charge in [-0.15, -0.1) is 0 Å². The first kappa shape index (κ1) is 26.2. The Bertz CT molecular complexity index is 714. The number of halogens is 11. The topological polar surface area (TPSA) is 29.5 Å². The van der Waals surface area contributed by atoms with E-state index in [1.165, 1.54) is 6.07 Å². The largest absolute Gasteiger partial charge is 0.493 e. The third-order valence-electron chi connectivity index (χ3n) is 3.90. The molecule has 1 unspecified atom stereocenters. The number of para-hydroxylation sites is 1. The van der Waals surface area contributed by atoms with Crippen LogP contribution in [-0.4, -0.2) is 41.6 Å². The van der Waals surface area contributed by atoms with E-state index in [0.29, 0.717) is 0 Å². The van der Waals surface area contributed by atoms with Crippen LogP contribution in [0.5, 0.6) is 5.75 Å². The molecule has 0 radical (unpaired) electrons. The molecule has 174 valence electrons. The molecular formula is C17H17F11O2. The SMILES string of the molecule is CC(C)COc1ccccc1C(O)CC(F)(F)C(F)(F)C(F)(F)C(F)(F)C(F)(F)F. The van der Waals surface area contributed by atoms with Crippen molar-refractivity contribution in [3.05, 3.63) is 29.8 Å². The Morgan fingerprint density at radius 2 is 1.30 bits per heavy atom. The molecule has 1 aromatic rings. The van der Waals surface area contributed by atoms with Crippen molar-refractivity contribution in [2.45, 2.75) is 56.2 Å². The van der Waals surface area contributed by atoms with Gasteiger partial charge in [0.25, 0.3) is 0 Å². The molecule has 0 bridgehead atoms. The fourth-order valence-electron chi connectivity index (χ4n) is 2.23. The second kappa shape index (κ2) is 8.39. The van der Waals surface area contributed by atoms with E-state index in [2.05, 4.69) is 0 Å². The van der Waals surface area contributed by atoms with Gasteiger partial charge in [0.15, 0.2) is 0 Å². The third-order valence-corrected chi connectivity index (χ3v) is 3.90. The van der Waals surface area contributed by atoms with Crippen molar-refractivity contribution in [2.24, 2.45) is 5.92 Å². The van der Waals surface area contributed by atoms with Crippen LogP contribution in [0.15, 0.2) is 24.3 Å². The fourth-order valence-corrected chi connectivity index (χ4v) is 2.23. The molecular weight excluding hydrogens is 445 g/mol. The van der Waals surface area contributed by atoms with Crippen molar-refractivity contribution < 1.29 is 58.1 Å². The Labute approximate surface area is 163 Å². The molecule has 0 saturated carbocycles. The summed E-state index contributed by atoms with van der Waals surface area (Å²) in [6.07, 6.45) is -12.5. The lowest BCUT2D eigenvalue weighted by molar-refractivity contribution is -0.423. The van der Waals surface area contributed by atoms with Crippen LogP contribution in [0.1, 0.15) is 31.9 Å². The molecule has 0 aromatic heterocycles. The molecule has 30 heavy (non-hydrogen) atoms. The van der Waals surface area contributed by atoms with Gasteiger partial charge in [0.05, 0.1) is 12.7 Å². The van der Waals surface area contributed by atoms with Gasteiger partial charge >= 0.3 is 29.9 Å². The number of hydrogen-bond acceptors (Lipinski definition) is 2. The van der Waals surface area contributed by atoms with Gasteiger partial charge in [-0.05, 0) is 12.0 Å². The minimum atomic E-state index is -7.50. The minimum Gasteiger partial charge on any atom is -0.493 e. The molecule has 0 aliphatic carbocycles. The van der Waals surface area contributed by atoms with E-state index < -0.39 is 48.0 Å². The summed E-state index contributed by atoms with van der Waals surface area (Å²) in [6.45, 7) is 3.33. The zero-order valence-electron chi connectivity index (χ0n) is 15.4. The quantitative estimate of drug-likeness (QED) is 0.440. The van der Waals surface area contributed by atoms with Gasteiger partial charge in [-0.25, -0.2) is 0 Å². The molecule has 2 nitrogen and oxygen atoms in total. The van der Waals surface area contributed by atoms with Crippen molar-refractivity contribution in [1.29, 1.82) is 0 Å². The average molecular weight is 462 g/mol. The zero-order valence-corrected chi connectivity index (χ0v) is 15.4. The van der Waals surface area contributed by atoms with Gasteiger partial charge < -0.3 is 9.84 Å². The van der Waals surface area contributed by atoms with Gasteiger partial charge in [0, 0.05) is 12.0 Å². The Kier molecular flexibility index (Phi) is 7.34. The summed E-state index contributed by atoms with van der Waals surface area (Å²) in [5.74, 6) is -28.7. The normalized spacial score (nSPS) is 15.4. The van der Waals surface area contributed by atoms with Gasteiger partial charge in [-0.3, -0.25) is 0 Å². The van der Waals surface area contributed by atoms with Crippen LogP contribution in [0.4, 0.5) is 48.3 Å². The number of rotatable bonds is 9. The number of ether oxygens (including phenoxy) is 1. The fraction of sp³-hybridized carbons (Fsp3) is 0.647. The van der Waals surface area contributed by atoms with E-state index >= 15 is 0 Å². The van der Waals surface area contributed by atoms with Gasteiger partial charge in [0.2, 0.25) is 0 Å². The van der Waals surface area contributed by atoms with Gasteiger partial charge in [0.1, 0.15) is 5.75 Å². The second-order valence-electron chi connectivity index (χ2n) is 6.89. The molecule has 0 fully saturated rings. The molecule has 13 heteroatoms. The highest BCUT2D eigenvalue weighted by molar-refractivity contribution is 5.35. The van der Waals surface area contributed by atoms with Crippen molar-refractivity contribution in [2.75, 3.05) is 6.61 Å². The standard InChI is InChI=1S/C17H17F11O2/c1-9(2)8-30-12-6-4-3-5-10(12)11(29)7-13(18,19)14(20,21)15(22,23)16(24,25)17(26,27)28/h3-6,9,11,29H,7-8H2,1-2H3. The molecule has 0 heterocycles. The van der Waals surface area contributed by atoms with E-state index in [4.69, 9.17) is 4.74 Å². The maximum Gasteiger partial charge on any atom is 0.460 e. The number of aliphatic hydroxyl groups is 1. The predicted molar refractivity (Wildman–Crippen MR) is 82.2 cm³/mol. The van der Waals surface area contributed by atoms with Crippen molar-refractivity contribution in [3.63, 3.8) is 0 Å². The first-order valence-corrected chi connectivity index (χ1v) is 8.27. The first-order valence-electron chi connectivity index (χ1n) is 8.27. The summed E-state index contributed by atoms with van der Waals surface area (Å²) >= 11 is 0. The van der Waals surface area contributed by atoms with Crippen LogP contribution in [0.25, 0.3) is 0 Å². The van der Waals surface area contributed by atoms with Crippen molar-refractivity contribution >= 4 is 0 Å². The maximum atomic E-state index is 13.9. The monoisotopic (exact) mass is 462 g/mol. The van der Waals surface area contributed by atoms with Crippen molar-refractivity contribution in [1.82, 2.24) is 0 Å². The Morgan fingerprint density at radius 1 is 0.800 bits per heavy atom. The average Bonchev–Trinajstić information content (AvgIpc) is 2.58. The number of aliphatic hydroxyl groups excluding tert-OH is 1. The van der Waals surface area contributed by atoms with Gasteiger partial charge in [-0.1, -0.05) is 32.0 Å². The predicted octanol–water partition coefficient (Wildman–Crippen LogP) is 6.25. The lowest BCUT2D eigenvalue weighted by Crippen LogP contribution is -2.66. The molecule has 1 atom stereocenters. The molecule has 1 aromatic carbocycles. The highest BCUT2D eigenvalue weighted by Gasteiger charge is 2.87. The molecule has 0 amide bonds. The molecule has 1 N–H and O–H groups in total. The van der Waals surface area contributed by atoms with Crippen LogP contribution in [-0.2, 0) is 0 Å². The zero-order chi connectivity index (χ0) is 23.8. The first-order chi connectivity index (χ1) is 13.3. The van der Waals surface area contributed by atoms with Gasteiger partial charge in [-0.2, -0.15) is 48.3 Å².